The quantitative estimate of drug-likeness (QED) is 0.689. The number of hydrogen-bond acceptors (Lipinski definition) is 3. The summed E-state index contributed by atoms with van der Waals surface area (Å²) in [4.78, 5) is 2.68. The maximum absolute atomic E-state index is 10.1. The SMILES string of the molecule is CN1CCC[C@]2(C)C3CC[C@]4(C)CC5C(CC4C3CCC12)N5O. The molecule has 0 radical (unpaired) electrons. The zero-order valence-corrected chi connectivity index (χ0v) is 15.2. The molecule has 1 N–H and O–H groups in total. The van der Waals surface area contributed by atoms with Crippen molar-refractivity contribution in [3.63, 3.8) is 0 Å². The summed E-state index contributed by atoms with van der Waals surface area (Å²) in [6, 6.07) is 1.83. The number of rotatable bonds is 0. The van der Waals surface area contributed by atoms with Gasteiger partial charge in [0.05, 0.1) is 12.1 Å². The lowest BCUT2D eigenvalue weighted by Crippen LogP contribution is -2.60. The zero-order chi connectivity index (χ0) is 16.0. The van der Waals surface area contributed by atoms with E-state index in [0.29, 0.717) is 22.9 Å². The van der Waals surface area contributed by atoms with E-state index in [1.165, 1.54) is 57.9 Å². The smallest absolute Gasteiger partial charge is 0.0538 e. The summed E-state index contributed by atoms with van der Waals surface area (Å²) in [6.45, 7) is 6.49. The molecule has 3 nitrogen and oxygen atoms in total. The molecular weight excluding hydrogens is 284 g/mol. The Morgan fingerprint density at radius 2 is 1.83 bits per heavy atom. The van der Waals surface area contributed by atoms with Crippen LogP contribution in [-0.2, 0) is 0 Å². The van der Waals surface area contributed by atoms with E-state index in [0.717, 1.165) is 23.8 Å². The molecule has 3 heteroatoms. The molecule has 0 aromatic carbocycles. The molecule has 9 atom stereocenters. The van der Waals surface area contributed by atoms with Crippen molar-refractivity contribution in [2.75, 3.05) is 13.6 Å². The topological polar surface area (TPSA) is 26.5 Å². The molecule has 5 rings (SSSR count). The van der Waals surface area contributed by atoms with E-state index >= 15 is 0 Å². The normalized spacial score (nSPS) is 61.8. The summed E-state index contributed by atoms with van der Waals surface area (Å²) in [5, 5.41) is 11.8. The van der Waals surface area contributed by atoms with Crippen molar-refractivity contribution in [2.24, 2.45) is 28.6 Å². The summed E-state index contributed by atoms with van der Waals surface area (Å²) >= 11 is 0. The van der Waals surface area contributed by atoms with Crippen molar-refractivity contribution >= 4 is 0 Å². The molecule has 2 aliphatic heterocycles. The third kappa shape index (κ3) is 1.93. The Morgan fingerprint density at radius 3 is 2.65 bits per heavy atom. The van der Waals surface area contributed by atoms with Gasteiger partial charge in [-0.05, 0) is 93.5 Å². The number of likely N-dealkylation sites (tertiary alicyclic amines) is 1. The van der Waals surface area contributed by atoms with Crippen LogP contribution in [0.15, 0.2) is 0 Å². The van der Waals surface area contributed by atoms with E-state index in [9.17, 15) is 5.21 Å². The molecule has 2 saturated heterocycles. The first-order chi connectivity index (χ1) is 10.9. The molecule has 7 unspecified atom stereocenters. The first-order valence-electron chi connectivity index (χ1n) is 10.1. The Balaban J connectivity index is 1.45. The fraction of sp³-hybridized carbons (Fsp3) is 1.00. The Kier molecular flexibility index (Phi) is 3.12. The fourth-order valence-electron chi connectivity index (χ4n) is 8.04. The largest absolute Gasteiger partial charge is 0.313 e. The third-order valence-corrected chi connectivity index (χ3v) is 9.30. The number of nitrogens with zero attached hydrogens (tertiary/aromatic N) is 2. The van der Waals surface area contributed by atoms with E-state index in [-0.39, 0.29) is 0 Å². The minimum absolute atomic E-state index is 0.500. The van der Waals surface area contributed by atoms with Gasteiger partial charge in [-0.15, -0.1) is 0 Å². The van der Waals surface area contributed by atoms with Crippen LogP contribution in [0.5, 0.6) is 0 Å². The van der Waals surface area contributed by atoms with Gasteiger partial charge in [-0.3, -0.25) is 0 Å². The minimum Gasteiger partial charge on any atom is -0.313 e. The van der Waals surface area contributed by atoms with E-state index in [2.05, 4.69) is 25.8 Å². The molecule has 0 bridgehead atoms. The molecule has 0 aromatic heterocycles. The van der Waals surface area contributed by atoms with Crippen LogP contribution in [0.2, 0.25) is 0 Å². The van der Waals surface area contributed by atoms with Crippen LogP contribution in [-0.4, -0.2) is 46.9 Å². The second kappa shape index (κ2) is 4.74. The van der Waals surface area contributed by atoms with Crippen LogP contribution in [0.4, 0.5) is 0 Å². The number of hydroxylamine groups is 2. The predicted molar refractivity (Wildman–Crippen MR) is 91.2 cm³/mol. The highest BCUT2D eigenvalue weighted by Gasteiger charge is 2.64. The van der Waals surface area contributed by atoms with Gasteiger partial charge in [0.2, 0.25) is 0 Å². The van der Waals surface area contributed by atoms with Crippen molar-refractivity contribution in [3.8, 4) is 0 Å². The Hall–Kier alpha value is -0.120. The van der Waals surface area contributed by atoms with Gasteiger partial charge in [-0.25, -0.2) is 0 Å². The Morgan fingerprint density at radius 1 is 1.00 bits per heavy atom. The highest BCUT2D eigenvalue weighted by atomic mass is 16.5. The average molecular weight is 319 g/mol. The van der Waals surface area contributed by atoms with Crippen LogP contribution in [0.1, 0.15) is 65.2 Å². The molecule has 3 saturated carbocycles. The van der Waals surface area contributed by atoms with Gasteiger partial charge < -0.3 is 10.1 Å². The summed E-state index contributed by atoms with van der Waals surface area (Å²) in [5.41, 5.74) is 1.06. The van der Waals surface area contributed by atoms with Gasteiger partial charge in [0.15, 0.2) is 0 Å². The van der Waals surface area contributed by atoms with Crippen molar-refractivity contribution in [2.45, 2.75) is 83.3 Å². The highest BCUT2D eigenvalue weighted by molar-refractivity contribution is 5.14. The van der Waals surface area contributed by atoms with Crippen molar-refractivity contribution in [1.82, 2.24) is 9.96 Å². The first-order valence-corrected chi connectivity index (χ1v) is 10.1. The van der Waals surface area contributed by atoms with Crippen LogP contribution in [0, 0.1) is 28.6 Å². The van der Waals surface area contributed by atoms with Gasteiger partial charge in [0, 0.05) is 6.04 Å². The van der Waals surface area contributed by atoms with E-state index in [1.807, 2.05) is 0 Å². The molecule has 2 heterocycles. The fourth-order valence-corrected chi connectivity index (χ4v) is 8.04. The Bertz CT molecular complexity index is 510. The summed E-state index contributed by atoms with van der Waals surface area (Å²) in [7, 11) is 2.37. The lowest BCUT2D eigenvalue weighted by atomic mass is 9.45. The van der Waals surface area contributed by atoms with Crippen molar-refractivity contribution < 1.29 is 5.21 Å². The van der Waals surface area contributed by atoms with Crippen LogP contribution < -0.4 is 0 Å². The van der Waals surface area contributed by atoms with Gasteiger partial charge in [0.25, 0.3) is 0 Å². The molecular formula is C20H34N2O. The summed E-state index contributed by atoms with van der Waals surface area (Å²) < 4.78 is 0. The molecule has 23 heavy (non-hydrogen) atoms. The maximum atomic E-state index is 10.1. The molecule has 130 valence electrons. The summed E-state index contributed by atoms with van der Waals surface area (Å²) in [5.74, 6) is 2.73. The molecule has 0 amide bonds. The van der Waals surface area contributed by atoms with Gasteiger partial charge in [0.1, 0.15) is 0 Å². The van der Waals surface area contributed by atoms with E-state index in [1.54, 1.807) is 5.06 Å². The lowest BCUT2D eigenvalue weighted by Gasteiger charge is -2.63. The highest BCUT2D eigenvalue weighted by Crippen LogP contribution is 2.65. The van der Waals surface area contributed by atoms with Crippen LogP contribution in [0.25, 0.3) is 0 Å². The average Bonchev–Trinajstić information content (AvgIpc) is 3.12. The molecule has 5 fully saturated rings. The van der Waals surface area contributed by atoms with Crippen molar-refractivity contribution in [1.29, 1.82) is 0 Å². The number of hydrogen-bond donors (Lipinski definition) is 1. The maximum Gasteiger partial charge on any atom is 0.0538 e. The first kappa shape index (κ1) is 15.2. The molecule has 3 aliphatic carbocycles. The number of piperidine rings is 1. The molecule has 0 aromatic rings. The third-order valence-electron chi connectivity index (χ3n) is 9.30. The van der Waals surface area contributed by atoms with Crippen molar-refractivity contribution in [3.05, 3.63) is 0 Å². The number of fused-ring (bicyclic) bond motifs is 6. The molecule has 0 spiro atoms. The lowest BCUT2D eigenvalue weighted by molar-refractivity contribution is -0.130. The molecule has 5 aliphatic rings. The van der Waals surface area contributed by atoms with Crippen LogP contribution >= 0.6 is 0 Å². The standard InChI is InChI=1S/C20H34N2O/c1-19-9-7-14-13(15(19)11-16-17(12-19)22(16)23)5-6-18-20(14,2)8-4-10-21(18)3/h13-18,23H,4-12H2,1-3H3/t13?,14?,15?,16?,17?,18?,19-,20-,22?/m1/s1. The second-order valence-corrected chi connectivity index (χ2v) is 10.2. The summed E-state index contributed by atoms with van der Waals surface area (Å²) in [6.07, 6.45) is 11.1. The zero-order valence-electron chi connectivity index (χ0n) is 15.2. The minimum atomic E-state index is 0.500. The van der Waals surface area contributed by atoms with E-state index < -0.39 is 0 Å². The van der Waals surface area contributed by atoms with E-state index in [4.69, 9.17) is 0 Å². The van der Waals surface area contributed by atoms with Crippen LogP contribution in [0.3, 0.4) is 0 Å². The Labute approximate surface area is 141 Å². The van der Waals surface area contributed by atoms with Gasteiger partial charge in [-0.1, -0.05) is 13.8 Å². The van der Waals surface area contributed by atoms with Gasteiger partial charge in [-0.2, -0.15) is 5.06 Å². The monoisotopic (exact) mass is 318 g/mol. The van der Waals surface area contributed by atoms with Gasteiger partial charge >= 0.3 is 0 Å². The predicted octanol–water partition coefficient (Wildman–Crippen LogP) is 3.77. The second-order valence-electron chi connectivity index (χ2n) is 10.2.